The number of methoxy groups -OCH3 is 2. The topological polar surface area (TPSA) is 116 Å². The summed E-state index contributed by atoms with van der Waals surface area (Å²) in [4.78, 5) is 26.4. The Kier molecular flexibility index (Phi) is 6.78. The number of carbonyl (C=O) groups is 1. The molecule has 4 aromatic rings. The largest absolute Gasteiger partial charge is 0.507 e. The summed E-state index contributed by atoms with van der Waals surface area (Å²) >= 11 is 0. The molecule has 2 N–H and O–H groups in total. The number of ether oxygens (including phenoxy) is 4. The molecule has 1 aliphatic heterocycles. The van der Waals surface area contributed by atoms with E-state index in [1.165, 1.54) is 26.4 Å². The summed E-state index contributed by atoms with van der Waals surface area (Å²) in [6, 6.07) is 13.8. The maximum Gasteiger partial charge on any atom is 0.343 e. The molecule has 0 aliphatic carbocycles. The highest BCUT2D eigenvalue weighted by Gasteiger charge is 2.35. The fraction of sp³-hybridized carbons (Fsp3) is 0.214. The van der Waals surface area contributed by atoms with Gasteiger partial charge in [0, 0.05) is 24.4 Å². The van der Waals surface area contributed by atoms with Gasteiger partial charge in [0.2, 0.25) is 24.2 Å². The van der Waals surface area contributed by atoms with Gasteiger partial charge in [-0.3, -0.25) is 4.79 Å². The average molecular weight is 521 g/mol. The lowest BCUT2D eigenvalue weighted by molar-refractivity contribution is -0.121. The standard InChI is InChI=1S/C28H24FNO8/c1-34-21-11-19(25(35-2)27-26(21)36-14-37-27)18(12-22(31)30-13-15-7-9-16(29)10-8-15)23-24(32)17-5-3-4-6-20(17)38-28(23)33/h3-11,18,32H,12-14H2,1-2H3,(H,30,31)/t18-/m0/s1. The Labute approximate surface area is 216 Å². The summed E-state index contributed by atoms with van der Waals surface area (Å²) in [7, 11) is 2.86. The Hall–Kier alpha value is -4.73. The minimum Gasteiger partial charge on any atom is -0.507 e. The molecule has 0 radical (unpaired) electrons. The number of benzene rings is 3. The first kappa shape index (κ1) is 24.9. The second-order valence-corrected chi connectivity index (χ2v) is 8.57. The SMILES string of the molecule is COc1cc([C@H](CC(=O)NCc2ccc(F)cc2)c2c(O)c3ccccc3oc2=O)c(OC)c2c1OCO2. The summed E-state index contributed by atoms with van der Waals surface area (Å²) in [5.74, 6) is -1.07. The van der Waals surface area contributed by atoms with Crippen LogP contribution in [0.2, 0.25) is 0 Å². The molecule has 196 valence electrons. The van der Waals surface area contributed by atoms with E-state index in [1.807, 2.05) is 0 Å². The van der Waals surface area contributed by atoms with Crippen molar-refractivity contribution in [2.75, 3.05) is 21.0 Å². The van der Waals surface area contributed by atoms with E-state index in [0.29, 0.717) is 28.0 Å². The fourth-order valence-electron chi connectivity index (χ4n) is 4.54. The molecule has 1 amide bonds. The van der Waals surface area contributed by atoms with E-state index < -0.39 is 17.5 Å². The minimum atomic E-state index is -1.03. The van der Waals surface area contributed by atoms with Crippen molar-refractivity contribution in [1.82, 2.24) is 5.32 Å². The number of para-hydroxylation sites is 1. The van der Waals surface area contributed by atoms with E-state index in [9.17, 15) is 19.1 Å². The second-order valence-electron chi connectivity index (χ2n) is 8.57. The number of rotatable bonds is 8. The van der Waals surface area contributed by atoms with Crippen molar-refractivity contribution in [2.24, 2.45) is 0 Å². The molecule has 5 rings (SSSR count). The van der Waals surface area contributed by atoms with Gasteiger partial charge in [-0.1, -0.05) is 24.3 Å². The van der Waals surface area contributed by atoms with Crippen LogP contribution >= 0.6 is 0 Å². The lowest BCUT2D eigenvalue weighted by Gasteiger charge is -2.22. The van der Waals surface area contributed by atoms with Gasteiger partial charge in [-0.05, 0) is 35.9 Å². The Balaban J connectivity index is 1.61. The van der Waals surface area contributed by atoms with Crippen LogP contribution in [0.5, 0.6) is 28.7 Å². The molecule has 0 unspecified atom stereocenters. The molecule has 3 aromatic carbocycles. The van der Waals surface area contributed by atoms with Gasteiger partial charge in [-0.25, -0.2) is 9.18 Å². The van der Waals surface area contributed by atoms with Gasteiger partial charge in [0.25, 0.3) is 0 Å². The number of halogens is 1. The zero-order valence-electron chi connectivity index (χ0n) is 20.6. The van der Waals surface area contributed by atoms with E-state index in [4.69, 9.17) is 23.4 Å². The number of amides is 1. The molecule has 0 saturated carbocycles. The van der Waals surface area contributed by atoms with Crippen LogP contribution in [-0.4, -0.2) is 32.0 Å². The molecular weight excluding hydrogens is 497 g/mol. The van der Waals surface area contributed by atoms with Gasteiger partial charge in [0.15, 0.2) is 11.5 Å². The number of aromatic hydroxyl groups is 1. The maximum atomic E-state index is 13.3. The quantitative estimate of drug-likeness (QED) is 0.331. The molecule has 0 bridgehead atoms. The van der Waals surface area contributed by atoms with Gasteiger partial charge >= 0.3 is 5.63 Å². The highest BCUT2D eigenvalue weighted by Crippen LogP contribution is 2.53. The molecule has 2 heterocycles. The van der Waals surface area contributed by atoms with E-state index in [2.05, 4.69) is 5.32 Å². The average Bonchev–Trinajstić information content (AvgIpc) is 3.41. The first-order chi connectivity index (χ1) is 18.4. The van der Waals surface area contributed by atoms with Crippen molar-refractivity contribution in [3.8, 4) is 28.7 Å². The fourth-order valence-corrected chi connectivity index (χ4v) is 4.54. The summed E-state index contributed by atoms with van der Waals surface area (Å²) in [6.07, 6.45) is -0.267. The molecule has 10 heteroatoms. The number of nitrogens with one attached hydrogen (secondary N) is 1. The molecule has 0 saturated heterocycles. The van der Waals surface area contributed by atoms with Gasteiger partial charge in [-0.15, -0.1) is 0 Å². The second kappa shape index (κ2) is 10.3. The van der Waals surface area contributed by atoms with Crippen LogP contribution in [0.1, 0.15) is 29.0 Å². The van der Waals surface area contributed by atoms with E-state index in [1.54, 1.807) is 42.5 Å². The molecule has 1 atom stereocenters. The first-order valence-corrected chi connectivity index (χ1v) is 11.7. The van der Waals surface area contributed by atoms with Crippen LogP contribution < -0.4 is 29.9 Å². The zero-order chi connectivity index (χ0) is 26.8. The number of hydrogen-bond acceptors (Lipinski definition) is 8. The third kappa shape index (κ3) is 4.56. The molecule has 38 heavy (non-hydrogen) atoms. The molecule has 0 fully saturated rings. The van der Waals surface area contributed by atoms with Crippen molar-refractivity contribution >= 4 is 16.9 Å². The Bertz CT molecular complexity index is 1560. The Morgan fingerprint density at radius 3 is 2.55 bits per heavy atom. The normalized spacial score (nSPS) is 12.8. The predicted molar refractivity (Wildman–Crippen MR) is 135 cm³/mol. The van der Waals surface area contributed by atoms with Crippen molar-refractivity contribution in [2.45, 2.75) is 18.9 Å². The van der Waals surface area contributed by atoms with Crippen molar-refractivity contribution in [3.63, 3.8) is 0 Å². The van der Waals surface area contributed by atoms with Crippen LogP contribution in [0.3, 0.4) is 0 Å². The predicted octanol–water partition coefficient (Wildman–Crippen LogP) is 4.22. The van der Waals surface area contributed by atoms with Gasteiger partial charge in [0.05, 0.1) is 25.2 Å². The summed E-state index contributed by atoms with van der Waals surface area (Å²) in [6.45, 7) is 0.0590. The molecular formula is C28H24FNO8. The maximum absolute atomic E-state index is 13.3. The third-order valence-electron chi connectivity index (χ3n) is 6.35. The van der Waals surface area contributed by atoms with Crippen LogP contribution in [0, 0.1) is 5.82 Å². The number of fused-ring (bicyclic) bond motifs is 2. The molecule has 9 nitrogen and oxygen atoms in total. The van der Waals surface area contributed by atoms with Crippen LogP contribution in [0.15, 0.2) is 63.8 Å². The molecule has 1 aromatic heterocycles. The highest BCUT2D eigenvalue weighted by molar-refractivity contribution is 5.85. The van der Waals surface area contributed by atoms with E-state index >= 15 is 0 Å². The summed E-state index contributed by atoms with van der Waals surface area (Å²) in [5.41, 5.74) is 0.305. The van der Waals surface area contributed by atoms with Gasteiger partial charge in [0.1, 0.15) is 17.1 Å². The summed E-state index contributed by atoms with van der Waals surface area (Å²) in [5, 5.41) is 14.3. The van der Waals surface area contributed by atoms with Gasteiger partial charge < -0.3 is 33.8 Å². The van der Waals surface area contributed by atoms with Crippen molar-refractivity contribution in [3.05, 3.63) is 87.5 Å². The van der Waals surface area contributed by atoms with Crippen LogP contribution in [0.4, 0.5) is 4.39 Å². The number of carbonyl (C=O) groups excluding carboxylic acids is 1. The smallest absolute Gasteiger partial charge is 0.343 e. The van der Waals surface area contributed by atoms with E-state index in [0.717, 1.165) is 0 Å². The molecule has 1 aliphatic rings. The van der Waals surface area contributed by atoms with Gasteiger partial charge in [-0.2, -0.15) is 0 Å². The minimum absolute atomic E-state index is 0.0717. The third-order valence-corrected chi connectivity index (χ3v) is 6.35. The lowest BCUT2D eigenvalue weighted by Crippen LogP contribution is -2.27. The van der Waals surface area contributed by atoms with E-state index in [-0.39, 0.29) is 54.0 Å². The van der Waals surface area contributed by atoms with Crippen LogP contribution in [-0.2, 0) is 11.3 Å². The van der Waals surface area contributed by atoms with Crippen molar-refractivity contribution in [1.29, 1.82) is 0 Å². The zero-order valence-corrected chi connectivity index (χ0v) is 20.6. The lowest BCUT2D eigenvalue weighted by atomic mass is 9.86. The highest BCUT2D eigenvalue weighted by atomic mass is 19.1. The van der Waals surface area contributed by atoms with Crippen molar-refractivity contribution < 1.29 is 37.7 Å². The Morgan fingerprint density at radius 1 is 1.08 bits per heavy atom. The number of hydrogen-bond donors (Lipinski definition) is 2. The molecule has 0 spiro atoms. The first-order valence-electron chi connectivity index (χ1n) is 11.7. The monoisotopic (exact) mass is 521 g/mol. The van der Waals surface area contributed by atoms with Crippen LogP contribution in [0.25, 0.3) is 11.0 Å². The summed E-state index contributed by atoms with van der Waals surface area (Å²) < 4.78 is 41.0. The Morgan fingerprint density at radius 2 is 1.82 bits per heavy atom.